The normalized spacial score (nSPS) is 9.90. The molecule has 0 amide bonds. The number of carbonyl (C=O) groups is 1. The average molecular weight is 312 g/mol. The molecule has 0 bridgehead atoms. The minimum atomic E-state index is -1.29. The monoisotopic (exact) mass is 311 g/mol. The number of carboxylic acids is 1. The largest absolute Gasteiger partial charge is 0.478 e. The molecular formula is C11H13ClF3N3O2. The van der Waals surface area contributed by atoms with Crippen LogP contribution in [0.15, 0.2) is 17.7 Å². The highest BCUT2D eigenvalue weighted by atomic mass is 35.5. The van der Waals surface area contributed by atoms with Crippen LogP contribution in [0.3, 0.4) is 0 Å². The fourth-order valence-corrected chi connectivity index (χ4v) is 0.970. The van der Waals surface area contributed by atoms with Gasteiger partial charge < -0.3 is 16.6 Å². The Kier molecular flexibility index (Phi) is 8.85. The number of hydrogen-bond acceptors (Lipinski definition) is 2. The first-order valence-corrected chi connectivity index (χ1v) is 4.80. The molecule has 0 unspecified atom stereocenters. The van der Waals surface area contributed by atoms with Crippen LogP contribution in [-0.4, -0.2) is 17.0 Å². The van der Waals surface area contributed by atoms with E-state index in [9.17, 15) is 18.0 Å². The summed E-state index contributed by atoms with van der Waals surface area (Å²) in [5, 5.41) is 14.5. The van der Waals surface area contributed by atoms with Gasteiger partial charge in [-0.1, -0.05) is 0 Å². The molecule has 1 aromatic carbocycles. The molecule has 0 aliphatic carbocycles. The number of nitrogens with two attached hydrogens (primary N) is 2. The summed E-state index contributed by atoms with van der Waals surface area (Å²) >= 11 is 0. The third-order valence-corrected chi connectivity index (χ3v) is 1.74. The van der Waals surface area contributed by atoms with Crippen molar-refractivity contribution in [3.8, 4) is 0 Å². The van der Waals surface area contributed by atoms with Crippen molar-refractivity contribution in [3.63, 3.8) is 0 Å². The zero-order valence-electron chi connectivity index (χ0n) is 10.3. The molecule has 20 heavy (non-hydrogen) atoms. The van der Waals surface area contributed by atoms with Gasteiger partial charge in [0.05, 0.1) is 0 Å². The predicted molar refractivity (Wildman–Crippen MR) is 71.0 cm³/mol. The van der Waals surface area contributed by atoms with Gasteiger partial charge in [0.1, 0.15) is 17.5 Å². The Morgan fingerprint density at radius 2 is 1.60 bits per heavy atom. The van der Waals surface area contributed by atoms with Crippen molar-refractivity contribution in [2.45, 2.75) is 6.92 Å². The van der Waals surface area contributed by atoms with Gasteiger partial charge in [-0.2, -0.15) is 0 Å². The number of carboxylic acid groups (broad SMARTS) is 1. The van der Waals surface area contributed by atoms with Crippen molar-refractivity contribution >= 4 is 30.4 Å². The van der Waals surface area contributed by atoms with Crippen LogP contribution >= 0.6 is 12.4 Å². The van der Waals surface area contributed by atoms with Crippen molar-refractivity contribution in [2.75, 3.05) is 0 Å². The summed E-state index contributed by atoms with van der Waals surface area (Å²) in [5.41, 5.74) is 8.15. The number of benzene rings is 1. The third kappa shape index (κ3) is 7.27. The van der Waals surface area contributed by atoms with Crippen LogP contribution in [0.25, 0.3) is 6.08 Å². The van der Waals surface area contributed by atoms with Gasteiger partial charge in [0.15, 0.2) is 5.96 Å². The lowest BCUT2D eigenvalue weighted by Gasteiger charge is -2.00. The molecule has 5 nitrogen and oxygen atoms in total. The highest BCUT2D eigenvalue weighted by molar-refractivity contribution is 5.91. The quantitative estimate of drug-likeness (QED) is 0.379. The van der Waals surface area contributed by atoms with E-state index in [-0.39, 0.29) is 23.9 Å². The second kappa shape index (κ2) is 8.81. The van der Waals surface area contributed by atoms with Gasteiger partial charge in [0.25, 0.3) is 0 Å². The van der Waals surface area contributed by atoms with E-state index in [1.54, 1.807) is 0 Å². The molecule has 0 radical (unpaired) electrons. The molecule has 0 aliphatic rings. The van der Waals surface area contributed by atoms with Crippen LogP contribution in [0.4, 0.5) is 13.2 Å². The van der Waals surface area contributed by atoms with Gasteiger partial charge in [0, 0.05) is 23.3 Å². The summed E-state index contributed by atoms with van der Waals surface area (Å²) in [5.74, 6) is -4.94. The van der Waals surface area contributed by atoms with E-state index in [0.717, 1.165) is 6.08 Å². The van der Waals surface area contributed by atoms with Gasteiger partial charge in [-0.3, -0.25) is 5.41 Å². The lowest BCUT2D eigenvalue weighted by atomic mass is 10.1. The first-order chi connectivity index (χ1) is 8.65. The molecule has 0 atom stereocenters. The number of guanidine groups is 1. The molecule has 9 heteroatoms. The molecule has 0 heterocycles. The summed E-state index contributed by atoms with van der Waals surface area (Å²) in [4.78, 5) is 10.4. The lowest BCUT2D eigenvalue weighted by Crippen LogP contribution is -2.20. The topological polar surface area (TPSA) is 113 Å². The smallest absolute Gasteiger partial charge is 0.331 e. The number of aliphatic carboxylic acids is 1. The highest BCUT2D eigenvalue weighted by Crippen LogP contribution is 2.17. The summed E-state index contributed by atoms with van der Waals surface area (Å²) in [6.45, 7) is 1.19. The van der Waals surface area contributed by atoms with Crippen LogP contribution in [-0.2, 0) is 4.79 Å². The van der Waals surface area contributed by atoms with Crippen LogP contribution in [0.1, 0.15) is 12.5 Å². The van der Waals surface area contributed by atoms with Crippen molar-refractivity contribution in [3.05, 3.63) is 40.7 Å². The molecule has 0 saturated carbocycles. The molecule has 1 rings (SSSR count). The molecule has 0 aromatic heterocycles. The van der Waals surface area contributed by atoms with Crippen LogP contribution in [0, 0.1) is 22.9 Å². The summed E-state index contributed by atoms with van der Waals surface area (Å²) in [7, 11) is 0. The van der Waals surface area contributed by atoms with Crippen molar-refractivity contribution < 1.29 is 23.1 Å². The fourth-order valence-electron chi connectivity index (χ4n) is 0.970. The number of rotatable bonds is 2. The lowest BCUT2D eigenvalue weighted by molar-refractivity contribution is -0.132. The molecular weight excluding hydrogens is 299 g/mol. The average Bonchev–Trinajstić information content (AvgIpc) is 2.21. The third-order valence-electron chi connectivity index (χ3n) is 1.74. The van der Waals surface area contributed by atoms with Gasteiger partial charge in [0.2, 0.25) is 0 Å². The Morgan fingerprint density at radius 3 is 1.90 bits per heavy atom. The van der Waals surface area contributed by atoms with Crippen LogP contribution in [0.2, 0.25) is 0 Å². The molecule has 112 valence electrons. The number of halogens is 4. The van der Waals surface area contributed by atoms with Crippen LogP contribution in [0.5, 0.6) is 0 Å². The Hall–Kier alpha value is -2.22. The molecule has 0 aliphatic heterocycles. The van der Waals surface area contributed by atoms with E-state index >= 15 is 0 Å². The maximum Gasteiger partial charge on any atom is 0.331 e. The Morgan fingerprint density at radius 1 is 1.25 bits per heavy atom. The van der Waals surface area contributed by atoms with E-state index in [2.05, 4.69) is 11.5 Å². The number of nitrogens with one attached hydrogen (secondary N) is 1. The number of hydrogen-bond donors (Lipinski definition) is 4. The summed E-state index contributed by atoms with van der Waals surface area (Å²) in [6, 6.07) is 0.980. The minimum absolute atomic E-state index is 0. The fraction of sp³-hybridized carbons (Fsp3) is 0.0909. The first kappa shape index (κ1) is 20.1. The maximum atomic E-state index is 13.0. The SMILES string of the molecule is C/C(=C\c1c(F)cc(F)cc1F)C(=O)O.Cl.N=C(N)N. The summed E-state index contributed by atoms with van der Waals surface area (Å²) < 4.78 is 38.5. The van der Waals surface area contributed by atoms with E-state index < -0.39 is 29.0 Å². The molecule has 0 saturated heterocycles. The van der Waals surface area contributed by atoms with Crippen LogP contribution < -0.4 is 11.5 Å². The van der Waals surface area contributed by atoms with E-state index in [4.69, 9.17) is 10.5 Å². The van der Waals surface area contributed by atoms with E-state index in [1.807, 2.05) is 0 Å². The Balaban J connectivity index is 0. The summed E-state index contributed by atoms with van der Waals surface area (Å²) in [6.07, 6.45) is 0.812. The zero-order chi connectivity index (χ0) is 15.2. The highest BCUT2D eigenvalue weighted by Gasteiger charge is 2.11. The maximum absolute atomic E-state index is 13.0. The van der Waals surface area contributed by atoms with Gasteiger partial charge in [-0.15, -0.1) is 12.4 Å². The second-order valence-corrected chi connectivity index (χ2v) is 3.37. The Labute approximate surface area is 119 Å². The van der Waals surface area contributed by atoms with E-state index in [0.29, 0.717) is 12.1 Å². The second-order valence-electron chi connectivity index (χ2n) is 3.37. The van der Waals surface area contributed by atoms with Gasteiger partial charge in [-0.25, -0.2) is 18.0 Å². The van der Waals surface area contributed by atoms with Gasteiger partial charge >= 0.3 is 5.97 Å². The zero-order valence-corrected chi connectivity index (χ0v) is 11.1. The molecule has 1 aromatic rings. The molecule has 0 spiro atoms. The van der Waals surface area contributed by atoms with Crippen molar-refractivity contribution in [2.24, 2.45) is 11.5 Å². The Bertz CT molecular complexity index is 509. The molecule has 0 fully saturated rings. The first-order valence-electron chi connectivity index (χ1n) is 4.80. The van der Waals surface area contributed by atoms with Crippen molar-refractivity contribution in [1.29, 1.82) is 5.41 Å². The minimum Gasteiger partial charge on any atom is -0.478 e. The van der Waals surface area contributed by atoms with Crippen molar-refractivity contribution in [1.82, 2.24) is 0 Å². The molecule has 6 N–H and O–H groups in total. The van der Waals surface area contributed by atoms with E-state index in [1.165, 1.54) is 6.92 Å². The predicted octanol–water partition coefficient (Wildman–Crippen LogP) is 1.85. The van der Waals surface area contributed by atoms with Gasteiger partial charge in [-0.05, 0) is 13.0 Å². The standard InChI is InChI=1S/C10H7F3O2.CH5N3.ClH/c1-5(10(14)15)2-7-8(12)3-6(11)4-9(7)13;2-1(3)4;/h2-4H,1H3,(H,14,15);(H5,2,3,4);1H/b5-2+;;.